The van der Waals surface area contributed by atoms with Crippen molar-refractivity contribution in [2.45, 2.75) is 49.3 Å². The van der Waals surface area contributed by atoms with E-state index < -0.39 is 28.4 Å². The standard InChI is InChI=1S/C14H34O7SSi2/c1-9-11-13(23(16-3,17-4)18-5)22(15)14(12-10-2)24(19-6,20-7)21-8/h13-14H,9-12H2,1-8H3. The highest BCUT2D eigenvalue weighted by molar-refractivity contribution is 7.89. The first-order chi connectivity index (χ1) is 11.4. The molecule has 2 unspecified atom stereocenters. The molecular weight excluding hydrogens is 368 g/mol. The molecule has 0 fully saturated rings. The summed E-state index contributed by atoms with van der Waals surface area (Å²) < 4.78 is 47.2. The third kappa shape index (κ3) is 5.18. The molecule has 0 amide bonds. The van der Waals surface area contributed by atoms with Gasteiger partial charge in [0, 0.05) is 53.5 Å². The first-order valence-corrected chi connectivity index (χ1v) is 13.0. The maximum absolute atomic E-state index is 13.6. The Morgan fingerprint density at radius 3 is 1.08 bits per heavy atom. The van der Waals surface area contributed by atoms with Crippen LogP contribution in [0.1, 0.15) is 39.5 Å². The molecule has 0 aromatic rings. The van der Waals surface area contributed by atoms with Gasteiger partial charge in [-0.05, 0) is 12.8 Å². The number of hydrogen-bond acceptors (Lipinski definition) is 7. The Kier molecular flexibility index (Phi) is 12.0. The highest BCUT2D eigenvalue weighted by Crippen LogP contribution is 2.30. The first-order valence-electron chi connectivity index (χ1n) is 8.12. The van der Waals surface area contributed by atoms with Gasteiger partial charge in [0.1, 0.15) is 9.75 Å². The van der Waals surface area contributed by atoms with Crippen LogP contribution in [-0.2, 0) is 37.4 Å². The Hall–Kier alpha value is 0.344. The van der Waals surface area contributed by atoms with Gasteiger partial charge in [0.15, 0.2) is 0 Å². The topological polar surface area (TPSA) is 72.5 Å². The van der Waals surface area contributed by atoms with E-state index in [4.69, 9.17) is 26.6 Å². The minimum absolute atomic E-state index is 0.369. The van der Waals surface area contributed by atoms with Crippen LogP contribution in [0.5, 0.6) is 0 Å². The summed E-state index contributed by atoms with van der Waals surface area (Å²) in [6.07, 6.45) is 3.00. The Balaban J connectivity index is 5.94. The lowest BCUT2D eigenvalue weighted by molar-refractivity contribution is 0.117. The molecule has 2 atom stereocenters. The maximum atomic E-state index is 13.6. The Morgan fingerprint density at radius 1 is 0.667 bits per heavy atom. The van der Waals surface area contributed by atoms with Gasteiger partial charge in [-0.15, -0.1) is 0 Å². The van der Waals surface area contributed by atoms with E-state index >= 15 is 0 Å². The van der Waals surface area contributed by atoms with Crippen molar-refractivity contribution in [2.24, 2.45) is 0 Å². The van der Waals surface area contributed by atoms with Gasteiger partial charge in [-0.1, -0.05) is 26.7 Å². The normalized spacial score (nSPS) is 16.8. The first kappa shape index (κ1) is 24.3. The molecule has 0 N–H and O–H groups in total. The fourth-order valence-electron chi connectivity index (χ4n) is 2.88. The quantitative estimate of drug-likeness (QED) is 0.411. The second kappa shape index (κ2) is 11.9. The van der Waals surface area contributed by atoms with Gasteiger partial charge in [-0.25, -0.2) is 0 Å². The average molecular weight is 403 g/mol. The largest absolute Gasteiger partial charge is 0.516 e. The van der Waals surface area contributed by atoms with Crippen LogP contribution in [0.25, 0.3) is 0 Å². The summed E-state index contributed by atoms with van der Waals surface area (Å²) in [5, 5.41) is 0. The highest BCUT2D eigenvalue weighted by atomic mass is 32.2. The summed E-state index contributed by atoms with van der Waals surface area (Å²) in [4.78, 5) is -0.738. The van der Waals surface area contributed by atoms with Crippen LogP contribution in [0.15, 0.2) is 0 Å². The summed E-state index contributed by atoms with van der Waals surface area (Å²) in [5.74, 6) is 0. The van der Waals surface area contributed by atoms with Gasteiger partial charge in [-0.3, -0.25) is 4.21 Å². The second-order valence-corrected chi connectivity index (χ2v) is 14.2. The summed E-state index contributed by atoms with van der Waals surface area (Å²) in [5.41, 5.74) is 0. The van der Waals surface area contributed by atoms with Crippen molar-refractivity contribution in [3.63, 3.8) is 0 Å². The maximum Gasteiger partial charge on any atom is 0.516 e. The smallest absolute Gasteiger partial charge is 0.376 e. The predicted molar refractivity (Wildman–Crippen MR) is 99.1 cm³/mol. The third-order valence-electron chi connectivity index (χ3n) is 4.16. The Bertz CT molecular complexity index is 317. The van der Waals surface area contributed by atoms with Crippen molar-refractivity contribution in [3.05, 3.63) is 0 Å². The van der Waals surface area contributed by atoms with E-state index in [1.807, 2.05) is 13.8 Å². The third-order valence-corrected chi connectivity index (χ3v) is 14.4. The van der Waals surface area contributed by atoms with Gasteiger partial charge in [0.05, 0.1) is 0 Å². The van der Waals surface area contributed by atoms with E-state index in [1.54, 1.807) is 42.7 Å². The van der Waals surface area contributed by atoms with Crippen LogP contribution < -0.4 is 0 Å². The Morgan fingerprint density at radius 2 is 0.917 bits per heavy atom. The fraction of sp³-hybridized carbons (Fsp3) is 1.00. The summed E-state index contributed by atoms with van der Waals surface area (Å²) >= 11 is 0. The summed E-state index contributed by atoms with van der Waals surface area (Å²) in [6.45, 7) is 4.07. The monoisotopic (exact) mass is 402 g/mol. The van der Waals surface area contributed by atoms with Crippen LogP contribution in [0.3, 0.4) is 0 Å². The van der Waals surface area contributed by atoms with Gasteiger partial charge < -0.3 is 26.6 Å². The molecule has 0 heterocycles. The van der Waals surface area contributed by atoms with Gasteiger partial charge in [0.2, 0.25) is 0 Å². The fourth-order valence-corrected chi connectivity index (χ4v) is 13.5. The molecule has 0 aromatic heterocycles. The molecule has 146 valence electrons. The molecule has 0 aliphatic rings. The molecule has 0 radical (unpaired) electrons. The van der Waals surface area contributed by atoms with Crippen LogP contribution in [-0.4, -0.2) is 74.2 Å². The van der Waals surface area contributed by atoms with E-state index in [0.29, 0.717) is 12.8 Å². The minimum atomic E-state index is -3.08. The molecule has 24 heavy (non-hydrogen) atoms. The number of hydrogen-bond donors (Lipinski definition) is 0. The minimum Gasteiger partial charge on any atom is -0.376 e. The van der Waals surface area contributed by atoms with Gasteiger partial charge in [0.25, 0.3) is 0 Å². The lowest BCUT2D eigenvalue weighted by atomic mass is 10.4. The molecule has 7 nitrogen and oxygen atoms in total. The molecule has 0 saturated carbocycles. The van der Waals surface area contributed by atoms with Crippen molar-refractivity contribution in [2.75, 3.05) is 42.7 Å². The Labute approximate surface area is 151 Å². The molecule has 0 rings (SSSR count). The molecule has 0 saturated heterocycles. The van der Waals surface area contributed by atoms with Crippen molar-refractivity contribution < 1.29 is 30.8 Å². The summed E-state index contributed by atoms with van der Waals surface area (Å²) in [6, 6.07) is 0. The van der Waals surface area contributed by atoms with E-state index in [-0.39, 0.29) is 9.75 Å². The van der Waals surface area contributed by atoms with E-state index in [2.05, 4.69) is 0 Å². The van der Waals surface area contributed by atoms with E-state index in [1.165, 1.54) is 0 Å². The molecule has 10 heteroatoms. The zero-order chi connectivity index (χ0) is 18.8. The SMILES string of the molecule is CCCC(S(=O)C(CCC)[Si](OC)(OC)OC)[Si](OC)(OC)OC. The van der Waals surface area contributed by atoms with Crippen LogP contribution in [0.2, 0.25) is 0 Å². The molecule has 0 spiro atoms. The molecule has 0 aliphatic carbocycles. The van der Waals surface area contributed by atoms with Crippen molar-refractivity contribution >= 4 is 28.4 Å². The lowest BCUT2D eigenvalue weighted by Gasteiger charge is -2.37. The van der Waals surface area contributed by atoms with Crippen molar-refractivity contribution in [3.8, 4) is 0 Å². The lowest BCUT2D eigenvalue weighted by Crippen LogP contribution is -2.63. The van der Waals surface area contributed by atoms with Crippen molar-refractivity contribution in [1.29, 1.82) is 0 Å². The van der Waals surface area contributed by atoms with Crippen LogP contribution >= 0.6 is 0 Å². The van der Waals surface area contributed by atoms with Crippen LogP contribution in [0.4, 0.5) is 0 Å². The molecule has 0 aromatic carbocycles. The van der Waals surface area contributed by atoms with Gasteiger partial charge >= 0.3 is 17.6 Å². The highest BCUT2D eigenvalue weighted by Gasteiger charge is 2.58. The second-order valence-electron chi connectivity index (χ2n) is 5.32. The molecular formula is C14H34O7SSi2. The summed E-state index contributed by atoms with van der Waals surface area (Å²) in [7, 11) is 1.73. The zero-order valence-corrected chi connectivity index (χ0v) is 19.1. The van der Waals surface area contributed by atoms with E-state index in [0.717, 1.165) is 12.8 Å². The van der Waals surface area contributed by atoms with Crippen molar-refractivity contribution in [1.82, 2.24) is 0 Å². The van der Waals surface area contributed by atoms with Crippen LogP contribution in [0, 0.1) is 0 Å². The molecule has 0 aliphatic heterocycles. The van der Waals surface area contributed by atoms with E-state index in [9.17, 15) is 4.21 Å². The predicted octanol–water partition coefficient (Wildman–Crippen LogP) is 1.91. The van der Waals surface area contributed by atoms with Gasteiger partial charge in [-0.2, -0.15) is 0 Å². The molecule has 0 bridgehead atoms. The zero-order valence-electron chi connectivity index (χ0n) is 16.2. The number of rotatable bonds is 14. The average Bonchev–Trinajstić information content (AvgIpc) is 2.63.